The number of nitrogens with one attached hydrogen (secondary N) is 1. The predicted octanol–water partition coefficient (Wildman–Crippen LogP) is 3.62. The zero-order valence-corrected chi connectivity index (χ0v) is 19.3. The number of aromatic nitrogens is 2. The van der Waals surface area contributed by atoms with E-state index in [1.165, 1.54) is 0 Å². The van der Waals surface area contributed by atoms with Gasteiger partial charge in [-0.2, -0.15) is 0 Å². The molecule has 33 heavy (non-hydrogen) atoms. The molecule has 0 radical (unpaired) electrons. The molecule has 0 saturated heterocycles. The summed E-state index contributed by atoms with van der Waals surface area (Å²) < 4.78 is 31.7. The van der Waals surface area contributed by atoms with Crippen LogP contribution in [-0.2, 0) is 9.84 Å². The Balaban J connectivity index is 1.58. The highest BCUT2D eigenvalue weighted by Crippen LogP contribution is 2.40. The van der Waals surface area contributed by atoms with Crippen LogP contribution in [0.4, 0.5) is 0 Å². The van der Waals surface area contributed by atoms with Crippen LogP contribution < -0.4 is 4.74 Å². The number of aliphatic hydroxyl groups is 1. The van der Waals surface area contributed by atoms with E-state index in [0.717, 1.165) is 45.9 Å². The molecule has 7 nitrogen and oxygen atoms in total. The number of pyridine rings is 1. The summed E-state index contributed by atoms with van der Waals surface area (Å²) in [6.45, 7) is 1.86. The molecule has 172 valence electrons. The molecule has 0 spiro atoms. The van der Waals surface area contributed by atoms with Crippen LogP contribution in [-0.4, -0.2) is 67.0 Å². The van der Waals surface area contributed by atoms with Gasteiger partial charge in [0.05, 0.1) is 22.3 Å². The van der Waals surface area contributed by atoms with Crippen molar-refractivity contribution in [2.24, 2.45) is 0 Å². The van der Waals surface area contributed by atoms with Crippen molar-refractivity contribution in [1.82, 2.24) is 14.9 Å². The molecule has 0 unspecified atom stereocenters. The van der Waals surface area contributed by atoms with E-state index in [1.54, 1.807) is 18.3 Å². The van der Waals surface area contributed by atoms with Crippen molar-refractivity contribution in [2.45, 2.75) is 23.0 Å². The van der Waals surface area contributed by atoms with Gasteiger partial charge < -0.3 is 19.7 Å². The Bertz CT molecular complexity index is 1410. The van der Waals surface area contributed by atoms with Crippen LogP contribution in [0.5, 0.6) is 5.75 Å². The van der Waals surface area contributed by atoms with Crippen molar-refractivity contribution in [2.75, 3.05) is 33.4 Å². The second-order valence-electron chi connectivity index (χ2n) is 8.53. The quantitative estimate of drug-likeness (QED) is 0.392. The molecular formula is C25H27N3O4S. The van der Waals surface area contributed by atoms with Gasteiger partial charge in [0, 0.05) is 30.1 Å². The summed E-state index contributed by atoms with van der Waals surface area (Å²) in [4.78, 5) is 10.2. The number of sulfone groups is 1. The predicted molar refractivity (Wildman–Crippen MR) is 129 cm³/mol. The molecule has 0 atom stereocenters. The molecule has 1 fully saturated rings. The standard InChI is InChI=1S/C25H27N3O4S/c1-28(12-14-29)13-15-32-22-10-9-20(23-21-6-3-11-26-25(21)27-24(22)23)17-4-2-5-19(16-17)33(30,31)18-7-8-18/h2-6,9-11,16,18,29H,7-8,12-15H2,1H3,(H,26,27). The summed E-state index contributed by atoms with van der Waals surface area (Å²) in [5.41, 5.74) is 3.37. The van der Waals surface area contributed by atoms with Crippen molar-refractivity contribution in [3.63, 3.8) is 0 Å². The normalized spacial score (nSPS) is 14.4. The fraction of sp³-hybridized carbons (Fsp3) is 0.320. The molecular weight excluding hydrogens is 438 g/mol. The largest absolute Gasteiger partial charge is 0.490 e. The van der Waals surface area contributed by atoms with Crippen molar-refractivity contribution in [3.05, 3.63) is 54.7 Å². The van der Waals surface area contributed by atoms with Crippen LogP contribution in [0.3, 0.4) is 0 Å². The lowest BCUT2D eigenvalue weighted by Crippen LogP contribution is -2.27. The van der Waals surface area contributed by atoms with E-state index in [4.69, 9.17) is 9.84 Å². The Kier molecular flexibility index (Phi) is 5.82. The number of aromatic amines is 1. The van der Waals surface area contributed by atoms with Crippen LogP contribution in [0.1, 0.15) is 12.8 Å². The van der Waals surface area contributed by atoms with E-state index in [9.17, 15) is 8.42 Å². The van der Waals surface area contributed by atoms with Crippen molar-refractivity contribution >= 4 is 31.8 Å². The van der Waals surface area contributed by atoms with Gasteiger partial charge in [-0.1, -0.05) is 12.1 Å². The first-order valence-corrected chi connectivity index (χ1v) is 12.7. The Morgan fingerprint density at radius 2 is 2.00 bits per heavy atom. The first-order chi connectivity index (χ1) is 16.0. The van der Waals surface area contributed by atoms with Gasteiger partial charge in [0.25, 0.3) is 0 Å². The third-order valence-corrected chi connectivity index (χ3v) is 8.40. The number of fused-ring (bicyclic) bond motifs is 3. The van der Waals surface area contributed by atoms with E-state index in [2.05, 4.69) is 9.97 Å². The summed E-state index contributed by atoms with van der Waals surface area (Å²) in [5, 5.41) is 10.8. The number of benzene rings is 2. The van der Waals surface area contributed by atoms with Gasteiger partial charge in [0.15, 0.2) is 9.84 Å². The molecule has 2 heterocycles. The maximum absolute atomic E-state index is 12.8. The monoisotopic (exact) mass is 465 g/mol. The van der Waals surface area contributed by atoms with E-state index in [-0.39, 0.29) is 11.9 Å². The van der Waals surface area contributed by atoms with Gasteiger partial charge in [0.1, 0.15) is 18.0 Å². The minimum Gasteiger partial charge on any atom is -0.490 e. The third-order valence-electron chi connectivity index (χ3n) is 6.14. The lowest BCUT2D eigenvalue weighted by atomic mass is 9.99. The van der Waals surface area contributed by atoms with Crippen LogP contribution in [0.15, 0.2) is 59.6 Å². The Morgan fingerprint density at radius 1 is 1.15 bits per heavy atom. The maximum Gasteiger partial charge on any atom is 0.181 e. The molecule has 0 bridgehead atoms. The van der Waals surface area contributed by atoms with Crippen molar-refractivity contribution in [1.29, 1.82) is 0 Å². The molecule has 2 N–H and O–H groups in total. The highest BCUT2D eigenvalue weighted by molar-refractivity contribution is 7.92. The zero-order chi connectivity index (χ0) is 23.0. The van der Waals surface area contributed by atoms with Crippen molar-refractivity contribution in [3.8, 4) is 16.9 Å². The van der Waals surface area contributed by atoms with Crippen LogP contribution in [0, 0.1) is 0 Å². The number of hydrogen-bond acceptors (Lipinski definition) is 6. The zero-order valence-electron chi connectivity index (χ0n) is 18.5. The highest BCUT2D eigenvalue weighted by Gasteiger charge is 2.37. The summed E-state index contributed by atoms with van der Waals surface area (Å²) in [5.74, 6) is 0.714. The van der Waals surface area contributed by atoms with E-state index < -0.39 is 9.84 Å². The summed E-state index contributed by atoms with van der Waals surface area (Å²) in [6.07, 6.45) is 3.22. The van der Waals surface area contributed by atoms with E-state index in [1.807, 2.05) is 48.3 Å². The topological polar surface area (TPSA) is 95.5 Å². The molecule has 1 aliphatic carbocycles. The van der Waals surface area contributed by atoms with Gasteiger partial charge in [-0.05, 0) is 67.4 Å². The molecule has 1 saturated carbocycles. The number of ether oxygens (including phenoxy) is 1. The molecule has 2 aromatic heterocycles. The average molecular weight is 466 g/mol. The Hall–Kier alpha value is -2.94. The summed E-state index contributed by atoms with van der Waals surface area (Å²) in [7, 11) is -1.34. The van der Waals surface area contributed by atoms with Gasteiger partial charge >= 0.3 is 0 Å². The van der Waals surface area contributed by atoms with Gasteiger partial charge in [-0.25, -0.2) is 13.4 Å². The molecule has 4 aromatic rings. The minimum absolute atomic E-state index is 0.110. The second kappa shape index (κ2) is 8.78. The van der Waals surface area contributed by atoms with E-state index >= 15 is 0 Å². The molecule has 1 aliphatic rings. The smallest absolute Gasteiger partial charge is 0.181 e. The summed E-state index contributed by atoms with van der Waals surface area (Å²) >= 11 is 0. The SMILES string of the molecule is CN(CCO)CCOc1ccc(-c2cccc(S(=O)(=O)C3CC3)c2)c2c1[nH]c1ncccc12. The van der Waals surface area contributed by atoms with Gasteiger partial charge in [0.2, 0.25) is 0 Å². The molecule has 2 aromatic carbocycles. The number of hydrogen-bond donors (Lipinski definition) is 2. The molecule has 5 rings (SSSR count). The van der Waals surface area contributed by atoms with E-state index in [0.29, 0.717) is 30.3 Å². The van der Waals surface area contributed by atoms with Gasteiger partial charge in [-0.3, -0.25) is 0 Å². The number of H-pyrrole nitrogens is 1. The number of aliphatic hydroxyl groups excluding tert-OH is 1. The first kappa shape index (κ1) is 21.9. The fourth-order valence-corrected chi connectivity index (χ4v) is 5.88. The number of likely N-dealkylation sites (N-methyl/N-ethyl adjacent to an activating group) is 1. The lowest BCUT2D eigenvalue weighted by molar-refractivity contribution is 0.193. The van der Waals surface area contributed by atoms with Crippen molar-refractivity contribution < 1.29 is 18.3 Å². The average Bonchev–Trinajstić information content (AvgIpc) is 3.61. The highest BCUT2D eigenvalue weighted by atomic mass is 32.2. The first-order valence-electron chi connectivity index (χ1n) is 11.1. The Morgan fingerprint density at radius 3 is 2.79 bits per heavy atom. The minimum atomic E-state index is -3.28. The third kappa shape index (κ3) is 4.21. The second-order valence-corrected chi connectivity index (χ2v) is 10.8. The maximum atomic E-state index is 12.8. The van der Waals surface area contributed by atoms with Crippen LogP contribution >= 0.6 is 0 Å². The van der Waals surface area contributed by atoms with Gasteiger partial charge in [-0.15, -0.1) is 0 Å². The molecule has 0 amide bonds. The van der Waals surface area contributed by atoms with Crippen LogP contribution in [0.25, 0.3) is 33.1 Å². The number of rotatable bonds is 9. The Labute approximate surface area is 192 Å². The number of nitrogens with zero attached hydrogens (tertiary/aromatic N) is 2. The molecule has 0 aliphatic heterocycles. The summed E-state index contributed by atoms with van der Waals surface area (Å²) in [6, 6.07) is 15.0. The van der Waals surface area contributed by atoms with Crippen LogP contribution in [0.2, 0.25) is 0 Å². The lowest BCUT2D eigenvalue weighted by Gasteiger charge is -2.16. The molecule has 8 heteroatoms. The fourth-order valence-electron chi connectivity index (χ4n) is 4.18.